The Labute approximate surface area is 79.4 Å². The van der Waals surface area contributed by atoms with Crippen molar-refractivity contribution in [3.8, 4) is 0 Å². The van der Waals surface area contributed by atoms with Gasteiger partial charge in [-0.2, -0.15) is 0 Å². The molecule has 0 heterocycles. The maximum atomic E-state index is 9.03. The van der Waals surface area contributed by atoms with Gasteiger partial charge in [0.2, 0.25) is 0 Å². The average Bonchev–Trinajstić information content (AvgIpc) is 2.21. The lowest BCUT2D eigenvalue weighted by Crippen LogP contribution is -2.15. The van der Waals surface area contributed by atoms with Crippen molar-refractivity contribution in [2.75, 3.05) is 13.2 Å². The molecule has 72 valence electrons. The maximum Gasteiger partial charge on any atom is 0.0511 e. The SMILES string of the molecule is CCc1ccc(C(CN)CO)cc1. The topological polar surface area (TPSA) is 46.2 Å². The first-order valence-corrected chi connectivity index (χ1v) is 4.71. The highest BCUT2D eigenvalue weighted by molar-refractivity contribution is 5.25. The quantitative estimate of drug-likeness (QED) is 0.731. The molecule has 0 fully saturated rings. The first kappa shape index (κ1) is 10.2. The van der Waals surface area contributed by atoms with E-state index in [1.165, 1.54) is 5.56 Å². The molecular formula is C11H17NO. The third-order valence-corrected chi connectivity index (χ3v) is 2.36. The number of nitrogens with two attached hydrogens (primary N) is 1. The number of benzene rings is 1. The van der Waals surface area contributed by atoms with Gasteiger partial charge in [0.05, 0.1) is 6.61 Å². The van der Waals surface area contributed by atoms with Crippen LogP contribution >= 0.6 is 0 Å². The molecule has 0 bridgehead atoms. The molecule has 2 heteroatoms. The van der Waals surface area contributed by atoms with Gasteiger partial charge >= 0.3 is 0 Å². The number of hydrogen-bond donors (Lipinski definition) is 2. The van der Waals surface area contributed by atoms with Crippen LogP contribution in [0, 0.1) is 0 Å². The monoisotopic (exact) mass is 179 g/mol. The molecule has 3 N–H and O–H groups in total. The second-order valence-electron chi connectivity index (χ2n) is 3.21. The Hall–Kier alpha value is -0.860. The minimum atomic E-state index is 0.0888. The van der Waals surface area contributed by atoms with Crippen LogP contribution in [0.15, 0.2) is 24.3 Å². The van der Waals surface area contributed by atoms with Gasteiger partial charge in [0.15, 0.2) is 0 Å². The number of aryl methyl sites for hydroxylation is 1. The second kappa shape index (κ2) is 5.00. The van der Waals surface area contributed by atoms with Crippen LogP contribution in [0.25, 0.3) is 0 Å². The van der Waals surface area contributed by atoms with Crippen molar-refractivity contribution in [2.24, 2.45) is 5.73 Å². The van der Waals surface area contributed by atoms with E-state index in [2.05, 4.69) is 19.1 Å². The predicted molar refractivity (Wildman–Crippen MR) is 54.7 cm³/mol. The highest BCUT2D eigenvalue weighted by Crippen LogP contribution is 2.14. The molecule has 1 aromatic rings. The molecule has 0 aromatic heterocycles. The standard InChI is InChI=1S/C11H17NO/c1-2-9-3-5-10(6-4-9)11(7-12)8-13/h3-6,11,13H,2,7-8,12H2,1H3. The van der Waals surface area contributed by atoms with Crippen LogP contribution in [0.1, 0.15) is 24.0 Å². The molecule has 1 atom stereocenters. The molecule has 1 aromatic carbocycles. The van der Waals surface area contributed by atoms with E-state index in [1.807, 2.05) is 12.1 Å². The van der Waals surface area contributed by atoms with Gasteiger partial charge in [0.25, 0.3) is 0 Å². The van der Waals surface area contributed by atoms with Gasteiger partial charge in [-0.25, -0.2) is 0 Å². The molecule has 0 saturated heterocycles. The zero-order valence-electron chi connectivity index (χ0n) is 8.03. The Morgan fingerprint density at radius 1 is 1.31 bits per heavy atom. The summed E-state index contributed by atoms with van der Waals surface area (Å²) in [5.41, 5.74) is 7.97. The Balaban J connectivity index is 2.78. The average molecular weight is 179 g/mol. The normalized spacial score (nSPS) is 12.8. The summed E-state index contributed by atoms with van der Waals surface area (Å²) < 4.78 is 0. The fourth-order valence-corrected chi connectivity index (χ4v) is 1.34. The molecule has 0 radical (unpaired) electrons. The summed E-state index contributed by atoms with van der Waals surface area (Å²) in [5.74, 6) is 0.0888. The highest BCUT2D eigenvalue weighted by atomic mass is 16.3. The Bertz CT molecular complexity index is 239. The lowest BCUT2D eigenvalue weighted by molar-refractivity contribution is 0.268. The van der Waals surface area contributed by atoms with Crippen molar-refractivity contribution in [3.63, 3.8) is 0 Å². The highest BCUT2D eigenvalue weighted by Gasteiger charge is 2.06. The van der Waals surface area contributed by atoms with Crippen LogP contribution in [0.5, 0.6) is 0 Å². The van der Waals surface area contributed by atoms with Crippen LogP contribution in [-0.4, -0.2) is 18.3 Å². The Morgan fingerprint density at radius 3 is 2.31 bits per heavy atom. The van der Waals surface area contributed by atoms with Crippen molar-refractivity contribution in [1.29, 1.82) is 0 Å². The van der Waals surface area contributed by atoms with Gasteiger partial charge in [0, 0.05) is 12.5 Å². The smallest absolute Gasteiger partial charge is 0.0511 e. The molecule has 1 rings (SSSR count). The summed E-state index contributed by atoms with van der Waals surface area (Å²) in [5, 5.41) is 9.03. The summed E-state index contributed by atoms with van der Waals surface area (Å²) >= 11 is 0. The van der Waals surface area contributed by atoms with Crippen molar-refractivity contribution in [1.82, 2.24) is 0 Å². The number of rotatable bonds is 4. The summed E-state index contributed by atoms with van der Waals surface area (Å²) in [7, 11) is 0. The summed E-state index contributed by atoms with van der Waals surface area (Å²) in [6.07, 6.45) is 1.05. The van der Waals surface area contributed by atoms with Gasteiger partial charge < -0.3 is 10.8 Å². The maximum absolute atomic E-state index is 9.03. The van der Waals surface area contributed by atoms with Gasteiger partial charge in [0.1, 0.15) is 0 Å². The molecule has 0 spiro atoms. The van der Waals surface area contributed by atoms with E-state index in [9.17, 15) is 0 Å². The lowest BCUT2D eigenvalue weighted by atomic mass is 9.98. The van der Waals surface area contributed by atoms with Crippen molar-refractivity contribution < 1.29 is 5.11 Å². The third-order valence-electron chi connectivity index (χ3n) is 2.36. The molecule has 0 saturated carbocycles. The van der Waals surface area contributed by atoms with E-state index in [1.54, 1.807) is 0 Å². The van der Waals surface area contributed by atoms with Gasteiger partial charge in [-0.3, -0.25) is 0 Å². The summed E-state index contributed by atoms with van der Waals surface area (Å²) in [6, 6.07) is 8.28. The van der Waals surface area contributed by atoms with Crippen LogP contribution in [0.4, 0.5) is 0 Å². The van der Waals surface area contributed by atoms with Crippen LogP contribution in [0.3, 0.4) is 0 Å². The fraction of sp³-hybridized carbons (Fsp3) is 0.455. The van der Waals surface area contributed by atoms with E-state index in [4.69, 9.17) is 10.8 Å². The van der Waals surface area contributed by atoms with Crippen LogP contribution in [0.2, 0.25) is 0 Å². The fourth-order valence-electron chi connectivity index (χ4n) is 1.34. The first-order valence-electron chi connectivity index (χ1n) is 4.71. The zero-order valence-corrected chi connectivity index (χ0v) is 8.03. The molecule has 0 aliphatic carbocycles. The zero-order chi connectivity index (χ0) is 9.68. The van der Waals surface area contributed by atoms with E-state index in [0.717, 1.165) is 12.0 Å². The van der Waals surface area contributed by atoms with Crippen LogP contribution < -0.4 is 5.73 Å². The molecule has 0 aliphatic heterocycles. The third kappa shape index (κ3) is 2.54. The Morgan fingerprint density at radius 2 is 1.92 bits per heavy atom. The van der Waals surface area contributed by atoms with E-state index < -0.39 is 0 Å². The summed E-state index contributed by atoms with van der Waals surface area (Å²) in [6.45, 7) is 2.76. The van der Waals surface area contributed by atoms with Crippen LogP contribution in [-0.2, 0) is 6.42 Å². The van der Waals surface area contributed by atoms with E-state index in [0.29, 0.717) is 6.54 Å². The number of aliphatic hydroxyl groups excluding tert-OH is 1. The van der Waals surface area contributed by atoms with Crippen molar-refractivity contribution >= 4 is 0 Å². The summed E-state index contributed by atoms with van der Waals surface area (Å²) in [4.78, 5) is 0. The minimum absolute atomic E-state index is 0.0888. The largest absolute Gasteiger partial charge is 0.396 e. The molecular weight excluding hydrogens is 162 g/mol. The lowest BCUT2D eigenvalue weighted by Gasteiger charge is -2.11. The van der Waals surface area contributed by atoms with E-state index in [-0.39, 0.29) is 12.5 Å². The molecule has 1 unspecified atom stereocenters. The first-order chi connectivity index (χ1) is 6.31. The van der Waals surface area contributed by atoms with Gasteiger partial charge in [-0.05, 0) is 17.5 Å². The van der Waals surface area contributed by atoms with E-state index >= 15 is 0 Å². The number of aliphatic hydroxyl groups is 1. The van der Waals surface area contributed by atoms with Gasteiger partial charge in [-0.15, -0.1) is 0 Å². The number of hydrogen-bond acceptors (Lipinski definition) is 2. The second-order valence-corrected chi connectivity index (χ2v) is 3.21. The Kier molecular flexibility index (Phi) is 3.93. The predicted octanol–water partition coefficient (Wildman–Crippen LogP) is 1.28. The van der Waals surface area contributed by atoms with Crippen molar-refractivity contribution in [3.05, 3.63) is 35.4 Å². The minimum Gasteiger partial charge on any atom is -0.396 e. The molecule has 2 nitrogen and oxygen atoms in total. The molecule has 0 aliphatic rings. The van der Waals surface area contributed by atoms with Crippen molar-refractivity contribution in [2.45, 2.75) is 19.3 Å². The molecule has 13 heavy (non-hydrogen) atoms. The van der Waals surface area contributed by atoms with Gasteiger partial charge in [-0.1, -0.05) is 31.2 Å². The molecule has 0 amide bonds.